The topological polar surface area (TPSA) is 53.6 Å². The molecule has 0 amide bonds. The summed E-state index contributed by atoms with van der Waals surface area (Å²) in [6.45, 7) is 1.10. The Kier molecular flexibility index (Phi) is 3.02. The van der Waals surface area contributed by atoms with Gasteiger partial charge in [-0.05, 0) is 19.4 Å². The van der Waals surface area contributed by atoms with Crippen LogP contribution in [0.4, 0.5) is 0 Å². The van der Waals surface area contributed by atoms with E-state index >= 15 is 0 Å². The van der Waals surface area contributed by atoms with Gasteiger partial charge in [0.1, 0.15) is 12.2 Å². The highest BCUT2D eigenvalue weighted by Gasteiger charge is 2.17. The van der Waals surface area contributed by atoms with Crippen molar-refractivity contribution in [3.05, 3.63) is 12.2 Å². The Labute approximate surface area is 75.6 Å². The molecule has 62 valence electrons. The van der Waals surface area contributed by atoms with Crippen LogP contribution in [0.1, 0.15) is 24.7 Å². The molecule has 2 heterocycles. The van der Waals surface area contributed by atoms with E-state index in [1.165, 1.54) is 12.8 Å². The van der Waals surface area contributed by atoms with Gasteiger partial charge in [0.15, 0.2) is 0 Å². The van der Waals surface area contributed by atoms with Crippen LogP contribution in [-0.2, 0) is 0 Å². The molecule has 1 aliphatic heterocycles. The highest BCUT2D eigenvalue weighted by atomic mass is 79.9. The van der Waals surface area contributed by atoms with Crippen LogP contribution in [0.5, 0.6) is 0 Å². The van der Waals surface area contributed by atoms with Gasteiger partial charge in [-0.1, -0.05) is 0 Å². The third-order valence-corrected chi connectivity index (χ3v) is 1.82. The van der Waals surface area contributed by atoms with Crippen molar-refractivity contribution in [2.75, 3.05) is 6.54 Å². The van der Waals surface area contributed by atoms with E-state index < -0.39 is 0 Å². The normalized spacial score (nSPS) is 23.1. The number of rotatable bonds is 1. The van der Waals surface area contributed by atoms with Gasteiger partial charge in [-0.2, -0.15) is 5.10 Å². The molecule has 1 aliphatic rings. The third-order valence-electron chi connectivity index (χ3n) is 1.82. The predicted octanol–water partition coefficient (Wildman–Crippen LogP) is 0.807. The van der Waals surface area contributed by atoms with Crippen LogP contribution in [0.3, 0.4) is 0 Å². The first-order valence-electron chi connectivity index (χ1n) is 3.55. The number of nitrogens with zero attached hydrogens (tertiary/aromatic N) is 2. The lowest BCUT2D eigenvalue weighted by molar-refractivity contribution is 0.608. The maximum Gasteiger partial charge on any atom is 0.141 e. The number of hydrogen-bond donors (Lipinski definition) is 2. The first-order chi connectivity index (χ1) is 4.97. The minimum atomic E-state index is 0. The Hall–Kier alpha value is -0.420. The molecule has 11 heavy (non-hydrogen) atoms. The molecule has 0 aromatic carbocycles. The first-order valence-corrected chi connectivity index (χ1v) is 3.55. The van der Waals surface area contributed by atoms with E-state index in [0.717, 1.165) is 12.4 Å². The number of H-pyrrole nitrogens is 1. The number of hydrogen-bond acceptors (Lipinski definition) is 3. The van der Waals surface area contributed by atoms with Gasteiger partial charge < -0.3 is 5.32 Å². The lowest BCUT2D eigenvalue weighted by Gasteiger charge is -2.03. The summed E-state index contributed by atoms with van der Waals surface area (Å²) >= 11 is 0. The zero-order valence-electron chi connectivity index (χ0n) is 6.08. The Balaban J connectivity index is 0.000000605. The van der Waals surface area contributed by atoms with Gasteiger partial charge in [-0.15, -0.1) is 17.0 Å². The van der Waals surface area contributed by atoms with Crippen molar-refractivity contribution in [3.63, 3.8) is 0 Å². The second-order valence-corrected chi connectivity index (χ2v) is 2.52. The van der Waals surface area contributed by atoms with Gasteiger partial charge in [0.25, 0.3) is 0 Å². The summed E-state index contributed by atoms with van der Waals surface area (Å²) in [6.07, 6.45) is 3.97. The fraction of sp³-hybridized carbons (Fsp3) is 0.667. The number of aromatic nitrogens is 3. The summed E-state index contributed by atoms with van der Waals surface area (Å²) in [5, 5.41) is 9.97. The van der Waals surface area contributed by atoms with E-state index in [9.17, 15) is 0 Å². The molecule has 0 saturated carbocycles. The van der Waals surface area contributed by atoms with Crippen LogP contribution in [0.25, 0.3) is 0 Å². The highest BCUT2D eigenvalue weighted by Crippen LogP contribution is 2.18. The van der Waals surface area contributed by atoms with Crippen LogP contribution < -0.4 is 5.32 Å². The molecular weight excluding hydrogens is 208 g/mol. The summed E-state index contributed by atoms with van der Waals surface area (Å²) in [5.74, 6) is 0.970. The Morgan fingerprint density at radius 2 is 2.45 bits per heavy atom. The van der Waals surface area contributed by atoms with Crippen LogP contribution in [0.15, 0.2) is 6.33 Å². The predicted molar refractivity (Wildman–Crippen MR) is 46.7 cm³/mol. The molecule has 0 unspecified atom stereocenters. The summed E-state index contributed by atoms with van der Waals surface area (Å²) in [6, 6.07) is 0.419. The second-order valence-electron chi connectivity index (χ2n) is 2.52. The molecule has 0 radical (unpaired) electrons. The van der Waals surface area contributed by atoms with E-state index in [0.29, 0.717) is 6.04 Å². The van der Waals surface area contributed by atoms with Crippen LogP contribution >= 0.6 is 17.0 Å². The van der Waals surface area contributed by atoms with Crippen LogP contribution in [0, 0.1) is 0 Å². The molecule has 1 fully saturated rings. The minimum Gasteiger partial charge on any atom is -0.307 e. The van der Waals surface area contributed by atoms with E-state index in [-0.39, 0.29) is 17.0 Å². The molecule has 1 aromatic heterocycles. The van der Waals surface area contributed by atoms with Crippen molar-refractivity contribution >= 4 is 17.0 Å². The van der Waals surface area contributed by atoms with Crippen molar-refractivity contribution in [1.82, 2.24) is 20.5 Å². The largest absolute Gasteiger partial charge is 0.307 e. The molecule has 0 aliphatic carbocycles. The average molecular weight is 219 g/mol. The average Bonchev–Trinajstić information content (AvgIpc) is 2.59. The number of halogens is 1. The standard InChI is InChI=1S/C6H10N4.BrH/c1-2-5(7-3-1)6-8-4-9-10-6;/h4-5,7H,1-3H2,(H,8,9,10);1H/t5-;/m1./s1. The summed E-state index contributed by atoms with van der Waals surface area (Å²) in [5.41, 5.74) is 0. The zero-order chi connectivity index (χ0) is 6.81. The monoisotopic (exact) mass is 218 g/mol. The molecule has 5 heteroatoms. The number of nitrogens with one attached hydrogen (secondary N) is 2. The Morgan fingerprint density at radius 3 is 3.00 bits per heavy atom. The van der Waals surface area contributed by atoms with Gasteiger partial charge in [-0.3, -0.25) is 5.10 Å². The van der Waals surface area contributed by atoms with Gasteiger partial charge in [-0.25, -0.2) is 4.98 Å². The Morgan fingerprint density at radius 1 is 1.55 bits per heavy atom. The van der Waals surface area contributed by atoms with Gasteiger partial charge in [0.05, 0.1) is 6.04 Å². The van der Waals surface area contributed by atoms with Crippen molar-refractivity contribution in [2.24, 2.45) is 0 Å². The fourth-order valence-corrected chi connectivity index (χ4v) is 1.30. The van der Waals surface area contributed by atoms with Crippen molar-refractivity contribution in [1.29, 1.82) is 0 Å². The molecule has 0 bridgehead atoms. The molecule has 2 N–H and O–H groups in total. The molecule has 2 rings (SSSR count). The fourth-order valence-electron chi connectivity index (χ4n) is 1.30. The van der Waals surface area contributed by atoms with Gasteiger partial charge in [0, 0.05) is 0 Å². The van der Waals surface area contributed by atoms with Crippen LogP contribution in [-0.4, -0.2) is 21.7 Å². The van der Waals surface area contributed by atoms with Crippen molar-refractivity contribution in [2.45, 2.75) is 18.9 Å². The molecule has 4 nitrogen and oxygen atoms in total. The lowest BCUT2D eigenvalue weighted by atomic mass is 10.2. The third kappa shape index (κ3) is 1.78. The molecular formula is C6H11BrN4. The molecule has 0 spiro atoms. The van der Waals surface area contributed by atoms with E-state index in [2.05, 4.69) is 20.5 Å². The second kappa shape index (κ2) is 3.82. The maximum absolute atomic E-state index is 4.07. The minimum absolute atomic E-state index is 0. The quantitative estimate of drug-likeness (QED) is 0.734. The van der Waals surface area contributed by atoms with Crippen molar-refractivity contribution < 1.29 is 0 Å². The summed E-state index contributed by atoms with van der Waals surface area (Å²) in [7, 11) is 0. The summed E-state index contributed by atoms with van der Waals surface area (Å²) in [4.78, 5) is 4.07. The van der Waals surface area contributed by atoms with E-state index in [1.807, 2.05) is 0 Å². The van der Waals surface area contributed by atoms with E-state index in [1.54, 1.807) is 6.33 Å². The van der Waals surface area contributed by atoms with E-state index in [4.69, 9.17) is 0 Å². The molecule has 1 atom stereocenters. The highest BCUT2D eigenvalue weighted by molar-refractivity contribution is 8.93. The number of aromatic amines is 1. The smallest absolute Gasteiger partial charge is 0.141 e. The zero-order valence-corrected chi connectivity index (χ0v) is 7.79. The van der Waals surface area contributed by atoms with Gasteiger partial charge >= 0.3 is 0 Å². The van der Waals surface area contributed by atoms with Crippen LogP contribution in [0.2, 0.25) is 0 Å². The lowest BCUT2D eigenvalue weighted by Crippen LogP contribution is -2.14. The SMILES string of the molecule is Br.c1n[nH]c([C@H]2CCCN2)n1. The molecule has 1 saturated heterocycles. The summed E-state index contributed by atoms with van der Waals surface area (Å²) < 4.78 is 0. The first kappa shape index (κ1) is 8.67. The maximum atomic E-state index is 4.07. The van der Waals surface area contributed by atoms with Crippen molar-refractivity contribution in [3.8, 4) is 0 Å². The Bertz CT molecular complexity index is 192. The molecule has 1 aromatic rings. The van der Waals surface area contributed by atoms with Gasteiger partial charge in [0.2, 0.25) is 0 Å².